The van der Waals surface area contributed by atoms with Gasteiger partial charge in [0.25, 0.3) is 0 Å². The number of carbonyl (C=O) groups excluding carboxylic acids is 1. The van der Waals surface area contributed by atoms with Crippen LogP contribution >= 0.6 is 0 Å². The van der Waals surface area contributed by atoms with E-state index in [1.807, 2.05) is 10.8 Å². The number of nitrogens with one attached hydrogen (secondary N) is 1. The highest BCUT2D eigenvalue weighted by Crippen LogP contribution is 2.22. The third-order valence-electron chi connectivity index (χ3n) is 3.80. The van der Waals surface area contributed by atoms with Gasteiger partial charge in [-0.1, -0.05) is 12.1 Å². The molecule has 122 valence electrons. The zero-order valence-electron chi connectivity index (χ0n) is 12.7. The molecule has 0 spiro atoms. The van der Waals surface area contributed by atoms with E-state index in [4.69, 9.17) is 4.74 Å². The molecule has 1 aromatic carbocycles. The van der Waals surface area contributed by atoms with E-state index in [0.29, 0.717) is 32.8 Å². The molecular formula is C16H19FN4O2. The Kier molecular flexibility index (Phi) is 4.87. The molecule has 1 atom stereocenters. The number of benzene rings is 1. The average Bonchev–Trinajstić information content (AvgIpc) is 3.09. The van der Waals surface area contributed by atoms with Gasteiger partial charge in [0.1, 0.15) is 11.9 Å². The first-order valence-corrected chi connectivity index (χ1v) is 7.58. The fourth-order valence-electron chi connectivity index (χ4n) is 2.54. The van der Waals surface area contributed by atoms with Gasteiger partial charge in [-0.3, -0.25) is 0 Å². The summed E-state index contributed by atoms with van der Waals surface area (Å²) in [7, 11) is 0. The summed E-state index contributed by atoms with van der Waals surface area (Å²) in [4.78, 5) is 17.9. The standard InChI is InChI=1S/C16H19FN4O2/c17-14-3-1-13(2-4-14)15-11-21(9-10-23-15)16(22)19-6-8-20-7-5-18-12-20/h1-5,7,12,15H,6,8-11H2,(H,19,22)/t15-/m1/s1. The molecule has 0 unspecified atom stereocenters. The lowest BCUT2D eigenvalue weighted by Crippen LogP contribution is -2.47. The van der Waals surface area contributed by atoms with Crippen molar-refractivity contribution in [2.75, 3.05) is 26.2 Å². The fourth-order valence-corrected chi connectivity index (χ4v) is 2.54. The molecule has 0 bridgehead atoms. The Balaban J connectivity index is 1.51. The van der Waals surface area contributed by atoms with Crippen LogP contribution in [-0.2, 0) is 11.3 Å². The van der Waals surface area contributed by atoms with E-state index < -0.39 is 0 Å². The molecule has 1 N–H and O–H groups in total. The van der Waals surface area contributed by atoms with Gasteiger partial charge in [-0.25, -0.2) is 14.2 Å². The Hall–Kier alpha value is -2.41. The number of morpholine rings is 1. The molecule has 1 saturated heterocycles. The van der Waals surface area contributed by atoms with E-state index in [0.717, 1.165) is 5.56 Å². The first kappa shape index (κ1) is 15.5. The van der Waals surface area contributed by atoms with Crippen molar-refractivity contribution in [1.82, 2.24) is 19.8 Å². The molecular weight excluding hydrogens is 299 g/mol. The Bertz CT molecular complexity index is 630. The first-order valence-electron chi connectivity index (χ1n) is 7.58. The number of nitrogens with zero attached hydrogens (tertiary/aromatic N) is 3. The molecule has 1 aromatic heterocycles. The summed E-state index contributed by atoms with van der Waals surface area (Å²) in [6.45, 7) is 2.69. The van der Waals surface area contributed by atoms with Crippen LogP contribution in [0.15, 0.2) is 43.0 Å². The molecule has 7 heteroatoms. The summed E-state index contributed by atoms with van der Waals surface area (Å²) >= 11 is 0. The van der Waals surface area contributed by atoms with Gasteiger partial charge in [0, 0.05) is 32.0 Å². The molecule has 0 saturated carbocycles. The van der Waals surface area contributed by atoms with Gasteiger partial charge in [0.05, 0.1) is 19.5 Å². The second-order valence-electron chi connectivity index (χ2n) is 5.39. The van der Waals surface area contributed by atoms with E-state index in [-0.39, 0.29) is 18.0 Å². The topological polar surface area (TPSA) is 59.4 Å². The van der Waals surface area contributed by atoms with Crippen molar-refractivity contribution in [3.63, 3.8) is 0 Å². The van der Waals surface area contributed by atoms with Gasteiger partial charge in [-0.2, -0.15) is 0 Å². The molecule has 6 nitrogen and oxygen atoms in total. The number of rotatable bonds is 4. The first-order chi connectivity index (χ1) is 11.2. The summed E-state index contributed by atoms with van der Waals surface area (Å²) in [5, 5.41) is 2.89. The lowest BCUT2D eigenvalue weighted by molar-refractivity contribution is -0.0154. The van der Waals surface area contributed by atoms with E-state index >= 15 is 0 Å². The molecule has 0 aliphatic carbocycles. The van der Waals surface area contributed by atoms with Gasteiger partial charge in [0.15, 0.2) is 0 Å². The molecule has 1 aliphatic rings. The third-order valence-corrected chi connectivity index (χ3v) is 3.80. The fraction of sp³-hybridized carbons (Fsp3) is 0.375. The van der Waals surface area contributed by atoms with Crippen molar-refractivity contribution in [1.29, 1.82) is 0 Å². The van der Waals surface area contributed by atoms with E-state index in [2.05, 4.69) is 10.3 Å². The smallest absolute Gasteiger partial charge is 0.317 e. The van der Waals surface area contributed by atoms with Crippen LogP contribution in [0.25, 0.3) is 0 Å². The predicted molar refractivity (Wildman–Crippen MR) is 82.3 cm³/mol. The number of hydrogen-bond donors (Lipinski definition) is 1. The van der Waals surface area contributed by atoms with Crippen molar-refractivity contribution in [2.45, 2.75) is 12.6 Å². The predicted octanol–water partition coefficient (Wildman–Crippen LogP) is 1.81. The lowest BCUT2D eigenvalue weighted by atomic mass is 10.1. The van der Waals surface area contributed by atoms with Crippen LogP contribution < -0.4 is 5.32 Å². The summed E-state index contributed by atoms with van der Waals surface area (Å²) in [6.07, 6.45) is 5.05. The maximum Gasteiger partial charge on any atom is 0.317 e. The van der Waals surface area contributed by atoms with Crippen molar-refractivity contribution >= 4 is 6.03 Å². The van der Waals surface area contributed by atoms with Crippen LogP contribution in [-0.4, -0.2) is 46.7 Å². The van der Waals surface area contributed by atoms with Crippen LogP contribution in [0.1, 0.15) is 11.7 Å². The molecule has 2 aromatic rings. The minimum Gasteiger partial charge on any atom is -0.370 e. The highest BCUT2D eigenvalue weighted by molar-refractivity contribution is 5.74. The second-order valence-corrected chi connectivity index (χ2v) is 5.39. The Labute approximate surface area is 133 Å². The van der Waals surface area contributed by atoms with Crippen molar-refractivity contribution in [2.24, 2.45) is 0 Å². The van der Waals surface area contributed by atoms with Gasteiger partial charge >= 0.3 is 6.03 Å². The molecule has 0 radical (unpaired) electrons. The monoisotopic (exact) mass is 318 g/mol. The zero-order chi connectivity index (χ0) is 16.1. The van der Waals surface area contributed by atoms with E-state index in [1.165, 1.54) is 12.1 Å². The zero-order valence-corrected chi connectivity index (χ0v) is 12.7. The number of amides is 2. The Morgan fingerprint density at radius 1 is 1.39 bits per heavy atom. The largest absolute Gasteiger partial charge is 0.370 e. The average molecular weight is 318 g/mol. The second kappa shape index (κ2) is 7.23. The van der Waals surface area contributed by atoms with Crippen LogP contribution in [0.4, 0.5) is 9.18 Å². The summed E-state index contributed by atoms with van der Waals surface area (Å²) in [5.41, 5.74) is 0.877. The van der Waals surface area contributed by atoms with E-state index in [1.54, 1.807) is 29.6 Å². The quantitative estimate of drug-likeness (QED) is 0.935. The van der Waals surface area contributed by atoms with Gasteiger partial charge in [-0.05, 0) is 17.7 Å². The van der Waals surface area contributed by atoms with E-state index in [9.17, 15) is 9.18 Å². The maximum atomic E-state index is 13.0. The van der Waals surface area contributed by atoms with Gasteiger partial charge < -0.3 is 19.5 Å². The third kappa shape index (κ3) is 4.07. The number of aromatic nitrogens is 2. The summed E-state index contributed by atoms with van der Waals surface area (Å²) in [6, 6.07) is 6.09. The van der Waals surface area contributed by atoms with Crippen LogP contribution in [0.3, 0.4) is 0 Å². The van der Waals surface area contributed by atoms with Crippen LogP contribution in [0.5, 0.6) is 0 Å². The molecule has 1 aliphatic heterocycles. The molecule has 2 amide bonds. The van der Waals surface area contributed by atoms with Crippen LogP contribution in [0.2, 0.25) is 0 Å². The Morgan fingerprint density at radius 2 is 2.22 bits per heavy atom. The number of imidazole rings is 1. The number of hydrogen-bond acceptors (Lipinski definition) is 3. The normalized spacial score (nSPS) is 18.0. The number of urea groups is 1. The molecule has 1 fully saturated rings. The van der Waals surface area contributed by atoms with Gasteiger partial charge in [-0.15, -0.1) is 0 Å². The summed E-state index contributed by atoms with van der Waals surface area (Å²) in [5.74, 6) is -0.279. The SMILES string of the molecule is O=C(NCCn1ccnc1)N1CCO[C@@H](c2ccc(F)cc2)C1. The minimum absolute atomic E-state index is 0.111. The highest BCUT2D eigenvalue weighted by atomic mass is 19.1. The van der Waals surface area contributed by atoms with Crippen molar-refractivity contribution in [3.8, 4) is 0 Å². The van der Waals surface area contributed by atoms with Gasteiger partial charge in [0.2, 0.25) is 0 Å². The lowest BCUT2D eigenvalue weighted by Gasteiger charge is -2.33. The molecule has 3 rings (SSSR count). The minimum atomic E-state index is -0.279. The molecule has 2 heterocycles. The number of carbonyl (C=O) groups is 1. The number of halogens is 1. The molecule has 23 heavy (non-hydrogen) atoms. The highest BCUT2D eigenvalue weighted by Gasteiger charge is 2.25. The van der Waals surface area contributed by atoms with Crippen molar-refractivity contribution in [3.05, 3.63) is 54.4 Å². The number of ether oxygens (including phenoxy) is 1. The Morgan fingerprint density at radius 3 is 2.96 bits per heavy atom. The van der Waals surface area contributed by atoms with Crippen LogP contribution in [0, 0.1) is 5.82 Å². The van der Waals surface area contributed by atoms with Crippen molar-refractivity contribution < 1.29 is 13.9 Å². The maximum absolute atomic E-state index is 13.0. The summed E-state index contributed by atoms with van der Waals surface area (Å²) < 4.78 is 20.6.